The van der Waals surface area contributed by atoms with E-state index in [1.165, 1.54) is 0 Å². The van der Waals surface area contributed by atoms with Crippen molar-refractivity contribution >= 4 is 11.8 Å². The van der Waals surface area contributed by atoms with Gasteiger partial charge in [0, 0.05) is 30.9 Å². The molecule has 0 radical (unpaired) electrons. The lowest BCUT2D eigenvalue weighted by molar-refractivity contribution is -0.144. The van der Waals surface area contributed by atoms with Crippen LogP contribution in [0.4, 0.5) is 0 Å². The third-order valence-corrected chi connectivity index (χ3v) is 5.91. The van der Waals surface area contributed by atoms with Crippen LogP contribution in [0, 0.1) is 12.8 Å². The summed E-state index contributed by atoms with van der Waals surface area (Å²) in [4.78, 5) is 31.6. The molecule has 2 fully saturated rings. The number of aryl methyl sites for hydroxylation is 1. The van der Waals surface area contributed by atoms with Gasteiger partial charge in [-0.05, 0) is 50.3 Å². The first-order valence-corrected chi connectivity index (χ1v) is 10.7. The van der Waals surface area contributed by atoms with Crippen molar-refractivity contribution in [1.82, 2.24) is 25.0 Å². The van der Waals surface area contributed by atoms with Crippen molar-refractivity contribution in [2.75, 3.05) is 19.7 Å². The number of hydrogen-bond donors (Lipinski definition) is 1. The van der Waals surface area contributed by atoms with Crippen LogP contribution in [0.3, 0.4) is 0 Å². The van der Waals surface area contributed by atoms with E-state index < -0.39 is 0 Å². The maximum Gasteiger partial charge on any atom is 0.241 e. The Bertz CT molecular complexity index is 861. The monoisotopic (exact) mass is 411 g/mol. The smallest absolute Gasteiger partial charge is 0.241 e. The number of hydrogen-bond acceptors (Lipinski definition) is 5. The van der Waals surface area contributed by atoms with E-state index in [1.54, 1.807) is 17.1 Å². The lowest BCUT2D eigenvalue weighted by Gasteiger charge is -2.36. The van der Waals surface area contributed by atoms with Gasteiger partial charge in [0.1, 0.15) is 12.6 Å². The third-order valence-electron chi connectivity index (χ3n) is 5.91. The summed E-state index contributed by atoms with van der Waals surface area (Å²) in [5.41, 5.74) is 1.91. The summed E-state index contributed by atoms with van der Waals surface area (Å²) < 4.78 is 7.48. The highest BCUT2D eigenvalue weighted by Gasteiger charge is 2.33. The summed E-state index contributed by atoms with van der Waals surface area (Å²) in [5, 5.41) is 7.25. The van der Waals surface area contributed by atoms with Crippen LogP contribution in [0.1, 0.15) is 43.0 Å². The summed E-state index contributed by atoms with van der Waals surface area (Å²) in [5.74, 6) is 0.199. The molecule has 30 heavy (non-hydrogen) atoms. The number of morpholine rings is 1. The Hall–Kier alpha value is -2.74. The highest BCUT2D eigenvalue weighted by atomic mass is 16.5. The van der Waals surface area contributed by atoms with Gasteiger partial charge in [0.05, 0.1) is 25.0 Å². The molecule has 2 aliphatic rings. The summed E-state index contributed by atoms with van der Waals surface area (Å²) in [6, 6.07) is 5.89. The summed E-state index contributed by atoms with van der Waals surface area (Å²) in [7, 11) is 0. The first-order chi connectivity index (χ1) is 14.6. The minimum Gasteiger partial charge on any atom is -0.368 e. The normalized spacial score (nSPS) is 24.4. The maximum absolute atomic E-state index is 13.1. The molecule has 0 spiro atoms. The molecule has 8 nitrogen and oxygen atoms in total. The van der Waals surface area contributed by atoms with E-state index in [2.05, 4.69) is 15.4 Å². The van der Waals surface area contributed by atoms with Crippen LogP contribution < -0.4 is 5.32 Å². The van der Waals surface area contributed by atoms with Crippen molar-refractivity contribution in [2.45, 2.75) is 51.3 Å². The standard InChI is InChI=1S/C22H29N5O3/c1-16-12-24-27(13-16)15-21(28)25-18-7-5-17(6-8-18)22(29)26-10-11-30-20(14-26)19-4-2-3-9-23-19/h2-4,9,12-13,17-18,20H,5-8,10-11,14-15H2,1H3,(H,25,28). The molecule has 1 aliphatic carbocycles. The van der Waals surface area contributed by atoms with Crippen molar-refractivity contribution in [2.24, 2.45) is 5.92 Å². The average molecular weight is 412 g/mol. The fourth-order valence-electron chi connectivity index (χ4n) is 4.31. The van der Waals surface area contributed by atoms with Crippen LogP contribution >= 0.6 is 0 Å². The Labute approximate surface area is 176 Å². The molecule has 1 aliphatic heterocycles. The summed E-state index contributed by atoms with van der Waals surface area (Å²) in [6.45, 7) is 3.89. The van der Waals surface area contributed by atoms with E-state index in [-0.39, 0.29) is 36.4 Å². The van der Waals surface area contributed by atoms with Crippen molar-refractivity contribution in [1.29, 1.82) is 0 Å². The van der Waals surface area contributed by atoms with Gasteiger partial charge in [-0.15, -0.1) is 0 Å². The van der Waals surface area contributed by atoms with Crippen LogP contribution in [0.2, 0.25) is 0 Å². The van der Waals surface area contributed by atoms with Crippen LogP contribution in [0.25, 0.3) is 0 Å². The van der Waals surface area contributed by atoms with Crippen LogP contribution in [-0.2, 0) is 20.9 Å². The highest BCUT2D eigenvalue weighted by molar-refractivity contribution is 5.79. The quantitative estimate of drug-likeness (QED) is 0.811. The van der Waals surface area contributed by atoms with Gasteiger partial charge in [-0.25, -0.2) is 0 Å². The van der Waals surface area contributed by atoms with Gasteiger partial charge in [-0.3, -0.25) is 19.3 Å². The summed E-state index contributed by atoms with van der Waals surface area (Å²) in [6.07, 6.45) is 8.45. The molecular formula is C22H29N5O3. The predicted molar refractivity (Wildman–Crippen MR) is 110 cm³/mol. The SMILES string of the molecule is Cc1cnn(CC(=O)NC2CCC(C(=O)N3CCOC(c4ccccn4)C3)CC2)c1. The molecule has 2 amide bonds. The van der Waals surface area contributed by atoms with E-state index in [4.69, 9.17) is 4.74 Å². The number of ether oxygens (including phenoxy) is 1. The van der Waals surface area contributed by atoms with E-state index in [0.29, 0.717) is 19.7 Å². The van der Waals surface area contributed by atoms with Gasteiger partial charge in [0.25, 0.3) is 0 Å². The highest BCUT2D eigenvalue weighted by Crippen LogP contribution is 2.28. The zero-order valence-corrected chi connectivity index (χ0v) is 17.4. The van der Waals surface area contributed by atoms with Gasteiger partial charge in [0.15, 0.2) is 0 Å². The Morgan fingerprint density at radius 2 is 2.07 bits per heavy atom. The maximum atomic E-state index is 13.1. The fraction of sp³-hybridized carbons (Fsp3) is 0.545. The molecule has 0 bridgehead atoms. The predicted octanol–water partition coefficient (Wildman–Crippen LogP) is 1.86. The second-order valence-electron chi connectivity index (χ2n) is 8.23. The minimum atomic E-state index is -0.162. The zero-order chi connectivity index (χ0) is 20.9. The zero-order valence-electron chi connectivity index (χ0n) is 17.4. The fourth-order valence-corrected chi connectivity index (χ4v) is 4.31. The third kappa shape index (κ3) is 5.05. The Kier molecular flexibility index (Phi) is 6.42. The molecule has 1 atom stereocenters. The molecule has 4 rings (SSSR count). The minimum absolute atomic E-state index is 0.0226. The van der Waals surface area contributed by atoms with Gasteiger partial charge in [-0.1, -0.05) is 6.07 Å². The first kappa shape index (κ1) is 20.5. The van der Waals surface area contributed by atoms with Crippen molar-refractivity contribution in [3.8, 4) is 0 Å². The largest absolute Gasteiger partial charge is 0.368 e. The van der Waals surface area contributed by atoms with Crippen molar-refractivity contribution in [3.05, 3.63) is 48.0 Å². The second kappa shape index (κ2) is 9.38. The van der Waals surface area contributed by atoms with Crippen LogP contribution in [0.5, 0.6) is 0 Å². The van der Waals surface area contributed by atoms with Crippen LogP contribution in [-0.4, -0.2) is 57.2 Å². The molecule has 1 saturated carbocycles. The average Bonchev–Trinajstić information content (AvgIpc) is 3.19. The number of nitrogens with zero attached hydrogens (tertiary/aromatic N) is 4. The molecule has 160 valence electrons. The molecule has 2 aromatic rings. The number of amides is 2. The Morgan fingerprint density at radius 1 is 1.23 bits per heavy atom. The van der Waals surface area contributed by atoms with Gasteiger partial charge in [-0.2, -0.15) is 5.10 Å². The molecule has 3 heterocycles. The molecule has 1 saturated heterocycles. The topological polar surface area (TPSA) is 89.4 Å². The van der Waals surface area contributed by atoms with Crippen LogP contribution in [0.15, 0.2) is 36.8 Å². The Balaban J connectivity index is 1.24. The van der Waals surface area contributed by atoms with Gasteiger partial charge < -0.3 is 15.0 Å². The van der Waals surface area contributed by atoms with E-state index in [9.17, 15) is 9.59 Å². The number of carbonyl (C=O) groups excluding carboxylic acids is 2. The van der Waals surface area contributed by atoms with E-state index in [0.717, 1.165) is 36.9 Å². The molecular weight excluding hydrogens is 382 g/mol. The van der Waals surface area contributed by atoms with Gasteiger partial charge >= 0.3 is 0 Å². The number of rotatable bonds is 5. The van der Waals surface area contributed by atoms with Crippen molar-refractivity contribution in [3.63, 3.8) is 0 Å². The molecule has 1 N–H and O–H groups in total. The molecule has 8 heteroatoms. The van der Waals surface area contributed by atoms with Crippen molar-refractivity contribution < 1.29 is 14.3 Å². The second-order valence-corrected chi connectivity index (χ2v) is 8.23. The number of carbonyl (C=O) groups is 2. The van der Waals surface area contributed by atoms with Gasteiger partial charge in [0.2, 0.25) is 11.8 Å². The number of pyridine rings is 1. The number of aromatic nitrogens is 3. The lowest BCUT2D eigenvalue weighted by atomic mass is 9.85. The molecule has 1 unspecified atom stereocenters. The molecule has 0 aromatic carbocycles. The van der Waals surface area contributed by atoms with E-state index >= 15 is 0 Å². The summed E-state index contributed by atoms with van der Waals surface area (Å²) >= 11 is 0. The molecule has 2 aromatic heterocycles. The first-order valence-electron chi connectivity index (χ1n) is 10.7. The number of nitrogens with one attached hydrogen (secondary N) is 1. The van der Waals surface area contributed by atoms with E-state index in [1.807, 2.05) is 36.2 Å². The Morgan fingerprint density at radius 3 is 2.77 bits per heavy atom. The lowest BCUT2D eigenvalue weighted by Crippen LogP contribution is -2.47.